The first-order valence-corrected chi connectivity index (χ1v) is 10.2. The van der Waals surface area contributed by atoms with Crippen molar-refractivity contribution in [3.05, 3.63) is 53.8 Å². The summed E-state index contributed by atoms with van der Waals surface area (Å²) in [6.45, 7) is 5.03. The number of benzene rings is 2. The molecule has 6 nitrogen and oxygen atoms in total. The number of hydrogen-bond donors (Lipinski definition) is 1. The van der Waals surface area contributed by atoms with Crippen LogP contribution in [0.4, 0.5) is 0 Å². The van der Waals surface area contributed by atoms with Gasteiger partial charge in [0.15, 0.2) is 0 Å². The van der Waals surface area contributed by atoms with Crippen LogP contribution in [-0.4, -0.2) is 40.4 Å². The van der Waals surface area contributed by atoms with E-state index in [1.807, 2.05) is 44.2 Å². The van der Waals surface area contributed by atoms with E-state index >= 15 is 0 Å². The molecule has 0 atom stereocenters. The second-order valence-electron chi connectivity index (χ2n) is 7.27. The molecule has 1 heterocycles. The highest BCUT2D eigenvalue weighted by Gasteiger charge is 2.20. The monoisotopic (exact) mass is 423 g/mol. The smallest absolute Gasteiger partial charge is 0.244 e. The normalized spacial score (nSPS) is 11.6. The van der Waals surface area contributed by atoms with Crippen LogP contribution in [0.25, 0.3) is 27.7 Å². The van der Waals surface area contributed by atoms with E-state index in [9.17, 15) is 4.79 Å². The van der Waals surface area contributed by atoms with Crippen LogP contribution in [0.3, 0.4) is 0 Å². The van der Waals surface area contributed by atoms with Crippen LogP contribution in [0.15, 0.2) is 47.1 Å². The molecule has 0 saturated carbocycles. The number of allylic oxidation sites excluding steroid dienone is 1. The number of hydrogen-bond acceptors (Lipinski definition) is 5. The van der Waals surface area contributed by atoms with Crippen molar-refractivity contribution in [1.82, 2.24) is 5.32 Å². The topological polar surface area (TPSA) is 69.9 Å². The van der Waals surface area contributed by atoms with Crippen molar-refractivity contribution in [2.24, 2.45) is 0 Å². The van der Waals surface area contributed by atoms with Gasteiger partial charge in [-0.25, -0.2) is 0 Å². The van der Waals surface area contributed by atoms with Crippen LogP contribution in [0.5, 0.6) is 11.5 Å². The summed E-state index contributed by atoms with van der Waals surface area (Å²) >= 11 is 0. The minimum Gasteiger partial charge on any atom is -0.496 e. The molecule has 0 saturated heterocycles. The first-order chi connectivity index (χ1) is 15.0. The van der Waals surface area contributed by atoms with Crippen LogP contribution >= 0.6 is 0 Å². The number of nitrogens with one attached hydrogen (secondary N) is 1. The van der Waals surface area contributed by atoms with Crippen molar-refractivity contribution in [2.75, 3.05) is 34.5 Å². The summed E-state index contributed by atoms with van der Waals surface area (Å²) in [5.74, 6) is 1.31. The molecule has 0 radical (unpaired) electrons. The van der Waals surface area contributed by atoms with Gasteiger partial charge in [-0.2, -0.15) is 0 Å². The Bertz CT molecular complexity index is 1100. The Morgan fingerprint density at radius 3 is 2.61 bits per heavy atom. The van der Waals surface area contributed by atoms with Gasteiger partial charge in [0, 0.05) is 54.0 Å². The third kappa shape index (κ3) is 4.75. The van der Waals surface area contributed by atoms with Gasteiger partial charge in [-0.05, 0) is 38.0 Å². The van der Waals surface area contributed by atoms with E-state index in [-0.39, 0.29) is 5.91 Å². The summed E-state index contributed by atoms with van der Waals surface area (Å²) in [4.78, 5) is 12.4. The molecule has 0 fully saturated rings. The lowest BCUT2D eigenvalue weighted by molar-refractivity contribution is -0.116. The van der Waals surface area contributed by atoms with Gasteiger partial charge in [0.05, 0.1) is 20.5 Å². The zero-order valence-corrected chi connectivity index (χ0v) is 18.7. The molecule has 0 bridgehead atoms. The summed E-state index contributed by atoms with van der Waals surface area (Å²) in [7, 11) is 4.92. The second kappa shape index (κ2) is 10.2. The highest BCUT2D eigenvalue weighted by atomic mass is 16.5. The highest BCUT2D eigenvalue weighted by Crippen LogP contribution is 2.42. The number of carbonyl (C=O) groups is 1. The number of rotatable bonds is 9. The predicted molar refractivity (Wildman–Crippen MR) is 123 cm³/mol. The maximum absolute atomic E-state index is 12.4. The van der Waals surface area contributed by atoms with E-state index < -0.39 is 0 Å². The average Bonchev–Trinajstić information content (AvgIpc) is 3.20. The molecular weight excluding hydrogens is 394 g/mol. The molecule has 3 rings (SSSR count). The van der Waals surface area contributed by atoms with E-state index in [0.717, 1.165) is 51.0 Å². The fraction of sp³-hybridized carbons (Fsp3) is 0.320. The summed E-state index contributed by atoms with van der Waals surface area (Å²) < 4.78 is 22.2. The van der Waals surface area contributed by atoms with Gasteiger partial charge >= 0.3 is 0 Å². The van der Waals surface area contributed by atoms with Crippen molar-refractivity contribution in [1.29, 1.82) is 0 Å². The zero-order chi connectivity index (χ0) is 22.4. The molecular formula is C25H29NO5. The van der Waals surface area contributed by atoms with Crippen LogP contribution in [-0.2, 0) is 9.53 Å². The molecule has 0 aliphatic rings. The fourth-order valence-corrected chi connectivity index (χ4v) is 3.70. The molecule has 1 amide bonds. The van der Waals surface area contributed by atoms with Gasteiger partial charge in [-0.1, -0.05) is 18.2 Å². The zero-order valence-electron chi connectivity index (χ0n) is 18.7. The van der Waals surface area contributed by atoms with Crippen LogP contribution in [0.2, 0.25) is 0 Å². The molecule has 0 unspecified atom stereocenters. The summed E-state index contributed by atoms with van der Waals surface area (Å²) in [6, 6.07) is 9.83. The van der Waals surface area contributed by atoms with Gasteiger partial charge in [0.1, 0.15) is 17.1 Å². The van der Waals surface area contributed by atoms with E-state index in [1.165, 1.54) is 0 Å². The van der Waals surface area contributed by atoms with Crippen molar-refractivity contribution < 1.29 is 23.4 Å². The van der Waals surface area contributed by atoms with Gasteiger partial charge in [0.2, 0.25) is 5.91 Å². The first kappa shape index (κ1) is 22.4. The number of fused-ring (bicyclic) bond motifs is 1. The second-order valence-corrected chi connectivity index (χ2v) is 7.27. The molecule has 0 spiro atoms. The molecule has 0 aliphatic heterocycles. The summed E-state index contributed by atoms with van der Waals surface area (Å²) in [5, 5.41) is 3.82. The maximum Gasteiger partial charge on any atom is 0.244 e. The lowest BCUT2D eigenvalue weighted by Crippen LogP contribution is -2.23. The van der Waals surface area contributed by atoms with E-state index in [4.69, 9.17) is 18.6 Å². The molecule has 2 aromatic carbocycles. The van der Waals surface area contributed by atoms with Gasteiger partial charge in [0.25, 0.3) is 0 Å². The number of furan rings is 1. The lowest BCUT2D eigenvalue weighted by Gasteiger charge is -2.14. The molecule has 0 aliphatic carbocycles. The Morgan fingerprint density at radius 1 is 1.13 bits per heavy atom. The Labute approximate surface area is 182 Å². The molecule has 3 aromatic rings. The fourth-order valence-electron chi connectivity index (χ4n) is 3.70. The van der Waals surface area contributed by atoms with Crippen molar-refractivity contribution in [3.8, 4) is 22.6 Å². The van der Waals surface area contributed by atoms with E-state index in [0.29, 0.717) is 18.9 Å². The third-order valence-electron chi connectivity index (χ3n) is 5.24. The van der Waals surface area contributed by atoms with Crippen molar-refractivity contribution in [3.63, 3.8) is 0 Å². The molecule has 164 valence electrons. The van der Waals surface area contributed by atoms with Gasteiger partial charge in [-0.3, -0.25) is 4.79 Å². The Morgan fingerprint density at radius 2 is 1.90 bits per heavy atom. The standard InChI is InChI=1S/C25H29NO5/c1-16(13-23(27)26-11-8-12-28-3)19-14-20-21(18-9-6-7-10-22(18)29-4)15-31-25(20)17(2)24(19)30-5/h6-7,9-10,13-15H,8,11-12H2,1-5H3,(H,26,27)/b16-13+. The molecule has 1 aromatic heterocycles. The number of carbonyl (C=O) groups excluding carboxylic acids is 1. The minimum atomic E-state index is -0.148. The number of ether oxygens (including phenoxy) is 3. The molecule has 31 heavy (non-hydrogen) atoms. The van der Waals surface area contributed by atoms with Crippen LogP contribution < -0.4 is 14.8 Å². The average molecular weight is 424 g/mol. The Hall–Kier alpha value is -3.25. The third-order valence-corrected chi connectivity index (χ3v) is 5.24. The Kier molecular flexibility index (Phi) is 7.36. The summed E-state index contributed by atoms with van der Waals surface area (Å²) in [6.07, 6.45) is 4.10. The number of amides is 1. The maximum atomic E-state index is 12.4. The summed E-state index contributed by atoms with van der Waals surface area (Å²) in [5.41, 5.74) is 5.14. The van der Waals surface area contributed by atoms with Crippen molar-refractivity contribution in [2.45, 2.75) is 20.3 Å². The van der Waals surface area contributed by atoms with Crippen LogP contribution in [0.1, 0.15) is 24.5 Å². The van der Waals surface area contributed by atoms with Crippen LogP contribution in [0, 0.1) is 6.92 Å². The minimum absolute atomic E-state index is 0.148. The largest absolute Gasteiger partial charge is 0.496 e. The van der Waals surface area contributed by atoms with Gasteiger partial charge < -0.3 is 23.9 Å². The number of aryl methyl sites for hydroxylation is 1. The first-order valence-electron chi connectivity index (χ1n) is 10.2. The number of para-hydroxylation sites is 1. The van der Waals surface area contributed by atoms with Crippen molar-refractivity contribution >= 4 is 22.4 Å². The molecule has 1 N–H and O–H groups in total. The quantitative estimate of drug-likeness (QED) is 0.388. The van der Waals surface area contributed by atoms with E-state index in [2.05, 4.69) is 5.32 Å². The predicted octanol–water partition coefficient (Wildman–Crippen LogP) is 4.98. The lowest BCUT2D eigenvalue weighted by atomic mass is 9.96. The molecule has 6 heteroatoms. The SMILES string of the molecule is COCCCNC(=O)/C=C(\C)c1cc2c(-c3ccccc3OC)coc2c(C)c1OC. The highest BCUT2D eigenvalue weighted by molar-refractivity contribution is 6.02. The van der Waals surface area contributed by atoms with Gasteiger partial charge in [-0.15, -0.1) is 0 Å². The Balaban J connectivity index is 2.05. The van der Waals surface area contributed by atoms with E-state index in [1.54, 1.807) is 33.7 Å². The number of methoxy groups -OCH3 is 3.